The standard InChI is InChI=1S/C12H15NO6/c1-7-4-8(19-10(7)12(15)16)5-13-11(14)9-6-17-2-3-18-9/h4,9H,2-3,5-6H2,1H3,(H,13,14)(H,15,16). The average molecular weight is 269 g/mol. The summed E-state index contributed by atoms with van der Waals surface area (Å²) in [6.45, 7) is 2.86. The highest BCUT2D eigenvalue weighted by Crippen LogP contribution is 2.14. The molecule has 1 atom stereocenters. The molecule has 7 heteroatoms. The van der Waals surface area contributed by atoms with Crippen molar-refractivity contribution in [2.45, 2.75) is 19.6 Å². The first-order valence-corrected chi connectivity index (χ1v) is 5.87. The Balaban J connectivity index is 1.89. The number of aromatic carboxylic acids is 1. The minimum atomic E-state index is -1.13. The largest absolute Gasteiger partial charge is 0.475 e. The number of aryl methyl sites for hydroxylation is 1. The molecule has 1 saturated heterocycles. The quantitative estimate of drug-likeness (QED) is 0.816. The van der Waals surface area contributed by atoms with Crippen molar-refractivity contribution in [1.29, 1.82) is 0 Å². The molecule has 1 amide bonds. The van der Waals surface area contributed by atoms with E-state index in [2.05, 4.69) is 5.32 Å². The molecule has 1 fully saturated rings. The molecule has 1 aliphatic rings. The molecule has 0 saturated carbocycles. The zero-order chi connectivity index (χ0) is 13.8. The summed E-state index contributed by atoms with van der Waals surface area (Å²) >= 11 is 0. The third-order valence-electron chi connectivity index (χ3n) is 2.71. The van der Waals surface area contributed by atoms with Crippen molar-refractivity contribution in [1.82, 2.24) is 5.32 Å². The van der Waals surface area contributed by atoms with E-state index >= 15 is 0 Å². The Morgan fingerprint density at radius 3 is 2.84 bits per heavy atom. The number of carboxylic acid groups (broad SMARTS) is 1. The highest BCUT2D eigenvalue weighted by Gasteiger charge is 2.23. The van der Waals surface area contributed by atoms with E-state index in [1.54, 1.807) is 13.0 Å². The third kappa shape index (κ3) is 3.33. The van der Waals surface area contributed by atoms with Gasteiger partial charge in [0.15, 0.2) is 6.10 Å². The van der Waals surface area contributed by atoms with Crippen molar-refractivity contribution >= 4 is 11.9 Å². The Morgan fingerprint density at radius 2 is 2.26 bits per heavy atom. The van der Waals surface area contributed by atoms with E-state index in [1.165, 1.54) is 0 Å². The normalized spacial score (nSPS) is 19.1. The molecule has 2 rings (SSSR count). The predicted molar refractivity (Wildman–Crippen MR) is 62.8 cm³/mol. The molecular weight excluding hydrogens is 254 g/mol. The van der Waals surface area contributed by atoms with Crippen LogP contribution >= 0.6 is 0 Å². The van der Waals surface area contributed by atoms with Crippen LogP contribution in [0.2, 0.25) is 0 Å². The van der Waals surface area contributed by atoms with Gasteiger partial charge >= 0.3 is 5.97 Å². The summed E-state index contributed by atoms with van der Waals surface area (Å²) in [7, 11) is 0. The van der Waals surface area contributed by atoms with Crippen molar-refractivity contribution in [2.75, 3.05) is 19.8 Å². The molecule has 0 bridgehead atoms. The lowest BCUT2D eigenvalue weighted by molar-refractivity contribution is -0.147. The van der Waals surface area contributed by atoms with Gasteiger partial charge in [-0.3, -0.25) is 4.79 Å². The molecule has 1 aromatic rings. The summed E-state index contributed by atoms with van der Waals surface area (Å²) < 4.78 is 15.5. The molecule has 19 heavy (non-hydrogen) atoms. The SMILES string of the molecule is Cc1cc(CNC(=O)C2COCCO2)oc1C(=O)O. The Kier molecular flexibility index (Phi) is 4.18. The van der Waals surface area contributed by atoms with Crippen molar-refractivity contribution in [2.24, 2.45) is 0 Å². The van der Waals surface area contributed by atoms with Crippen LogP contribution < -0.4 is 5.32 Å². The van der Waals surface area contributed by atoms with E-state index in [0.717, 1.165) is 0 Å². The van der Waals surface area contributed by atoms with Gasteiger partial charge in [-0.2, -0.15) is 0 Å². The number of carbonyl (C=O) groups excluding carboxylic acids is 1. The summed E-state index contributed by atoms with van der Waals surface area (Å²) in [4.78, 5) is 22.5. The Hall–Kier alpha value is -1.86. The lowest BCUT2D eigenvalue weighted by Crippen LogP contribution is -2.42. The number of nitrogens with one attached hydrogen (secondary N) is 1. The molecule has 1 aliphatic heterocycles. The highest BCUT2D eigenvalue weighted by molar-refractivity contribution is 5.86. The van der Waals surface area contributed by atoms with Gasteiger partial charge in [0, 0.05) is 5.56 Å². The van der Waals surface area contributed by atoms with Crippen LogP contribution in [0.25, 0.3) is 0 Å². The van der Waals surface area contributed by atoms with E-state index in [1.807, 2.05) is 0 Å². The fourth-order valence-corrected chi connectivity index (χ4v) is 1.77. The van der Waals surface area contributed by atoms with E-state index in [9.17, 15) is 9.59 Å². The van der Waals surface area contributed by atoms with Crippen LogP contribution in [0.1, 0.15) is 21.9 Å². The molecule has 1 aromatic heterocycles. The predicted octanol–water partition coefficient (Wildman–Crippen LogP) is 0.318. The number of carboxylic acids is 1. The number of hydrogen-bond acceptors (Lipinski definition) is 5. The zero-order valence-electron chi connectivity index (χ0n) is 10.5. The lowest BCUT2D eigenvalue weighted by atomic mass is 10.2. The highest BCUT2D eigenvalue weighted by atomic mass is 16.6. The molecule has 2 N–H and O–H groups in total. The van der Waals surface area contributed by atoms with Crippen LogP contribution in [0.4, 0.5) is 0 Å². The number of hydrogen-bond donors (Lipinski definition) is 2. The summed E-state index contributed by atoms with van der Waals surface area (Å²) in [5, 5.41) is 11.5. The fourth-order valence-electron chi connectivity index (χ4n) is 1.77. The number of carbonyl (C=O) groups is 2. The summed E-state index contributed by atoms with van der Waals surface area (Å²) in [5.41, 5.74) is 0.522. The van der Waals surface area contributed by atoms with Crippen molar-refractivity contribution in [3.8, 4) is 0 Å². The number of furan rings is 1. The molecule has 0 aliphatic carbocycles. The number of ether oxygens (including phenoxy) is 2. The second-order valence-electron chi connectivity index (χ2n) is 4.18. The van der Waals surface area contributed by atoms with E-state index < -0.39 is 12.1 Å². The zero-order valence-corrected chi connectivity index (χ0v) is 10.5. The Bertz CT molecular complexity index is 475. The number of rotatable bonds is 4. The summed E-state index contributed by atoms with van der Waals surface area (Å²) in [5.74, 6) is -1.15. The molecule has 104 valence electrons. The van der Waals surface area contributed by atoms with Gasteiger partial charge in [0.1, 0.15) is 5.76 Å². The van der Waals surface area contributed by atoms with Gasteiger partial charge in [-0.25, -0.2) is 4.79 Å². The summed E-state index contributed by atoms with van der Waals surface area (Å²) in [6.07, 6.45) is -0.622. The first kappa shape index (κ1) is 13.6. The molecule has 1 unspecified atom stereocenters. The first-order chi connectivity index (χ1) is 9.08. The van der Waals surface area contributed by atoms with Crippen molar-refractivity contribution in [3.63, 3.8) is 0 Å². The van der Waals surface area contributed by atoms with Gasteiger partial charge in [-0.15, -0.1) is 0 Å². The second kappa shape index (κ2) is 5.85. The minimum absolute atomic E-state index is 0.110. The first-order valence-electron chi connectivity index (χ1n) is 5.87. The molecular formula is C12H15NO6. The van der Waals surface area contributed by atoms with Gasteiger partial charge in [0.05, 0.1) is 26.4 Å². The average Bonchev–Trinajstić information content (AvgIpc) is 2.78. The van der Waals surface area contributed by atoms with Gasteiger partial charge in [0.2, 0.25) is 5.76 Å². The Morgan fingerprint density at radius 1 is 1.47 bits per heavy atom. The second-order valence-corrected chi connectivity index (χ2v) is 4.18. The minimum Gasteiger partial charge on any atom is -0.475 e. The van der Waals surface area contributed by atoms with Crippen LogP contribution in [0, 0.1) is 6.92 Å². The van der Waals surface area contributed by atoms with Gasteiger partial charge in [-0.1, -0.05) is 0 Å². The van der Waals surface area contributed by atoms with Crippen LogP contribution in [-0.2, 0) is 20.8 Å². The van der Waals surface area contributed by atoms with E-state index in [-0.39, 0.29) is 24.8 Å². The van der Waals surface area contributed by atoms with Gasteiger partial charge in [0.25, 0.3) is 5.91 Å². The van der Waals surface area contributed by atoms with E-state index in [0.29, 0.717) is 24.5 Å². The van der Waals surface area contributed by atoms with Crippen LogP contribution in [-0.4, -0.2) is 42.9 Å². The number of amides is 1. The maximum Gasteiger partial charge on any atom is 0.372 e. The monoisotopic (exact) mass is 269 g/mol. The molecule has 0 radical (unpaired) electrons. The lowest BCUT2D eigenvalue weighted by Gasteiger charge is -2.21. The van der Waals surface area contributed by atoms with Crippen LogP contribution in [0.15, 0.2) is 10.5 Å². The maximum absolute atomic E-state index is 11.7. The smallest absolute Gasteiger partial charge is 0.372 e. The molecule has 7 nitrogen and oxygen atoms in total. The maximum atomic E-state index is 11.7. The topological polar surface area (TPSA) is 98.0 Å². The van der Waals surface area contributed by atoms with Gasteiger partial charge in [-0.05, 0) is 13.0 Å². The molecule has 2 heterocycles. The van der Waals surface area contributed by atoms with Crippen LogP contribution in [0.5, 0.6) is 0 Å². The molecule has 0 aromatic carbocycles. The third-order valence-corrected chi connectivity index (χ3v) is 2.71. The van der Waals surface area contributed by atoms with Gasteiger partial charge < -0.3 is 24.3 Å². The summed E-state index contributed by atoms with van der Waals surface area (Å²) in [6, 6.07) is 1.59. The van der Waals surface area contributed by atoms with Crippen molar-refractivity contribution < 1.29 is 28.6 Å². The Labute approximate surface area is 109 Å². The van der Waals surface area contributed by atoms with E-state index in [4.69, 9.17) is 19.0 Å². The van der Waals surface area contributed by atoms with Crippen LogP contribution in [0.3, 0.4) is 0 Å². The van der Waals surface area contributed by atoms with Crippen molar-refractivity contribution in [3.05, 3.63) is 23.2 Å². The fraction of sp³-hybridized carbons (Fsp3) is 0.500. The molecule has 0 spiro atoms.